The normalized spacial score (nSPS) is 11.3. The van der Waals surface area contributed by atoms with Gasteiger partial charge in [-0.2, -0.15) is 0 Å². The number of nitrogens with one attached hydrogen (secondary N) is 1. The van der Waals surface area contributed by atoms with Gasteiger partial charge in [0.2, 0.25) is 5.75 Å². The molecule has 0 saturated heterocycles. The third-order valence-electron chi connectivity index (χ3n) is 2.61. The monoisotopic (exact) mass is 269 g/mol. The Hall–Kier alpha value is -1.46. The molecule has 0 spiro atoms. The fraction of sp³-hybridized carbons (Fsp3) is 0.571. The van der Waals surface area contributed by atoms with Gasteiger partial charge in [-0.05, 0) is 31.5 Å². The Morgan fingerprint density at radius 1 is 1.05 bits per heavy atom. The molecule has 108 valence electrons. The third-order valence-corrected chi connectivity index (χ3v) is 2.61. The van der Waals surface area contributed by atoms with Crippen molar-refractivity contribution in [2.75, 3.05) is 27.9 Å². The molecule has 0 bridgehead atoms. The molecule has 0 saturated carbocycles. The Kier molecular flexibility index (Phi) is 5.44. The molecule has 0 aliphatic heterocycles. The number of methoxy groups -OCH3 is 3. The smallest absolute Gasteiger partial charge is 0.203 e. The number of aliphatic hydroxyl groups is 1. The van der Waals surface area contributed by atoms with E-state index in [0.717, 1.165) is 5.56 Å². The second-order valence-electron chi connectivity index (χ2n) is 4.95. The summed E-state index contributed by atoms with van der Waals surface area (Å²) in [5.41, 5.74) is 0.263. The summed E-state index contributed by atoms with van der Waals surface area (Å²) < 4.78 is 15.8. The van der Waals surface area contributed by atoms with E-state index in [2.05, 4.69) is 5.32 Å². The van der Waals surface area contributed by atoms with Gasteiger partial charge in [0.15, 0.2) is 11.5 Å². The van der Waals surface area contributed by atoms with Crippen molar-refractivity contribution in [1.82, 2.24) is 5.32 Å². The molecule has 0 amide bonds. The highest BCUT2D eigenvalue weighted by Crippen LogP contribution is 2.38. The Balaban J connectivity index is 2.85. The zero-order chi connectivity index (χ0) is 14.5. The van der Waals surface area contributed by atoms with Crippen LogP contribution in [0.4, 0.5) is 0 Å². The number of benzene rings is 1. The highest BCUT2D eigenvalue weighted by molar-refractivity contribution is 5.53. The van der Waals surface area contributed by atoms with E-state index in [1.165, 1.54) is 0 Å². The zero-order valence-electron chi connectivity index (χ0n) is 12.2. The molecular formula is C14H23NO4. The number of rotatable bonds is 7. The van der Waals surface area contributed by atoms with Crippen molar-refractivity contribution in [2.45, 2.75) is 26.0 Å². The average Bonchev–Trinajstić information content (AvgIpc) is 2.35. The van der Waals surface area contributed by atoms with Gasteiger partial charge in [0.1, 0.15) is 0 Å². The largest absolute Gasteiger partial charge is 0.493 e. The lowest BCUT2D eigenvalue weighted by Gasteiger charge is -2.18. The molecule has 0 atom stereocenters. The first-order chi connectivity index (χ1) is 8.91. The molecular weight excluding hydrogens is 246 g/mol. The fourth-order valence-electron chi connectivity index (χ4n) is 1.75. The highest BCUT2D eigenvalue weighted by atomic mass is 16.5. The van der Waals surface area contributed by atoms with Crippen LogP contribution in [0.2, 0.25) is 0 Å². The van der Waals surface area contributed by atoms with Gasteiger partial charge in [0.25, 0.3) is 0 Å². The van der Waals surface area contributed by atoms with E-state index in [-0.39, 0.29) is 0 Å². The second kappa shape index (κ2) is 6.63. The van der Waals surface area contributed by atoms with Crippen LogP contribution in [0.1, 0.15) is 19.4 Å². The summed E-state index contributed by atoms with van der Waals surface area (Å²) in [5, 5.41) is 12.8. The first-order valence-corrected chi connectivity index (χ1v) is 6.13. The van der Waals surface area contributed by atoms with Gasteiger partial charge in [0, 0.05) is 13.1 Å². The number of ether oxygens (including phenoxy) is 3. The molecule has 0 unspecified atom stereocenters. The van der Waals surface area contributed by atoms with Crippen LogP contribution in [0.5, 0.6) is 17.2 Å². The van der Waals surface area contributed by atoms with Crippen molar-refractivity contribution >= 4 is 0 Å². The van der Waals surface area contributed by atoms with E-state index in [0.29, 0.717) is 30.3 Å². The van der Waals surface area contributed by atoms with Gasteiger partial charge in [-0.15, -0.1) is 0 Å². The van der Waals surface area contributed by atoms with Crippen molar-refractivity contribution in [3.63, 3.8) is 0 Å². The second-order valence-corrected chi connectivity index (χ2v) is 4.95. The highest BCUT2D eigenvalue weighted by Gasteiger charge is 2.14. The van der Waals surface area contributed by atoms with E-state index >= 15 is 0 Å². The van der Waals surface area contributed by atoms with Gasteiger partial charge in [-0.3, -0.25) is 0 Å². The van der Waals surface area contributed by atoms with Crippen molar-refractivity contribution in [3.05, 3.63) is 17.7 Å². The first kappa shape index (κ1) is 15.6. The van der Waals surface area contributed by atoms with Crippen LogP contribution in [0.15, 0.2) is 12.1 Å². The predicted molar refractivity (Wildman–Crippen MR) is 74.1 cm³/mol. The quantitative estimate of drug-likeness (QED) is 0.787. The van der Waals surface area contributed by atoms with Crippen molar-refractivity contribution in [3.8, 4) is 17.2 Å². The summed E-state index contributed by atoms with van der Waals surface area (Å²) in [4.78, 5) is 0. The maximum Gasteiger partial charge on any atom is 0.203 e. The molecule has 1 aromatic rings. The summed E-state index contributed by atoms with van der Waals surface area (Å²) >= 11 is 0. The summed E-state index contributed by atoms with van der Waals surface area (Å²) in [5.74, 6) is 1.83. The van der Waals surface area contributed by atoms with Gasteiger partial charge in [-0.1, -0.05) is 0 Å². The molecule has 19 heavy (non-hydrogen) atoms. The van der Waals surface area contributed by atoms with Crippen LogP contribution >= 0.6 is 0 Å². The van der Waals surface area contributed by atoms with Crippen molar-refractivity contribution in [2.24, 2.45) is 0 Å². The predicted octanol–water partition coefficient (Wildman–Crippen LogP) is 1.57. The molecule has 5 nitrogen and oxygen atoms in total. The minimum Gasteiger partial charge on any atom is -0.493 e. The van der Waals surface area contributed by atoms with Crippen LogP contribution < -0.4 is 19.5 Å². The lowest BCUT2D eigenvalue weighted by Crippen LogP contribution is -2.34. The standard InChI is InChI=1S/C14H23NO4/c1-14(2,16)9-15-8-10-6-11(17-3)13(19-5)12(7-10)18-4/h6-7,15-16H,8-9H2,1-5H3. The average molecular weight is 269 g/mol. The topological polar surface area (TPSA) is 60.0 Å². The molecule has 0 fully saturated rings. The van der Waals surface area contributed by atoms with E-state index in [1.807, 2.05) is 12.1 Å². The van der Waals surface area contributed by atoms with Gasteiger partial charge in [-0.25, -0.2) is 0 Å². The minimum atomic E-state index is -0.735. The van der Waals surface area contributed by atoms with E-state index in [1.54, 1.807) is 35.2 Å². The molecule has 0 aliphatic carbocycles. The summed E-state index contributed by atoms with van der Waals surface area (Å²) in [6.07, 6.45) is 0. The van der Waals surface area contributed by atoms with Gasteiger partial charge < -0.3 is 24.6 Å². The van der Waals surface area contributed by atoms with Crippen LogP contribution in [0, 0.1) is 0 Å². The maximum atomic E-state index is 9.65. The lowest BCUT2D eigenvalue weighted by molar-refractivity contribution is 0.0795. The molecule has 0 radical (unpaired) electrons. The Bertz CT molecular complexity index is 387. The Morgan fingerprint density at radius 2 is 1.58 bits per heavy atom. The molecule has 0 heterocycles. The molecule has 0 aliphatic rings. The first-order valence-electron chi connectivity index (χ1n) is 6.13. The summed E-state index contributed by atoms with van der Waals surface area (Å²) in [6.45, 7) is 4.63. The van der Waals surface area contributed by atoms with Crippen LogP contribution in [-0.2, 0) is 6.54 Å². The maximum absolute atomic E-state index is 9.65. The lowest BCUT2D eigenvalue weighted by atomic mass is 10.1. The van der Waals surface area contributed by atoms with Crippen LogP contribution in [-0.4, -0.2) is 38.6 Å². The molecule has 2 N–H and O–H groups in total. The fourth-order valence-corrected chi connectivity index (χ4v) is 1.75. The van der Waals surface area contributed by atoms with E-state index in [9.17, 15) is 5.11 Å². The van der Waals surface area contributed by atoms with Gasteiger partial charge >= 0.3 is 0 Å². The minimum absolute atomic E-state index is 0.504. The summed E-state index contributed by atoms with van der Waals surface area (Å²) in [7, 11) is 4.75. The van der Waals surface area contributed by atoms with Crippen molar-refractivity contribution < 1.29 is 19.3 Å². The van der Waals surface area contributed by atoms with E-state index < -0.39 is 5.60 Å². The zero-order valence-corrected chi connectivity index (χ0v) is 12.2. The summed E-state index contributed by atoms with van der Waals surface area (Å²) in [6, 6.07) is 3.78. The van der Waals surface area contributed by atoms with Crippen LogP contribution in [0.3, 0.4) is 0 Å². The molecule has 1 aromatic carbocycles. The Morgan fingerprint density at radius 3 is 1.95 bits per heavy atom. The number of hydrogen-bond donors (Lipinski definition) is 2. The number of hydrogen-bond acceptors (Lipinski definition) is 5. The molecule has 5 heteroatoms. The molecule has 0 aromatic heterocycles. The Labute approximate surface area is 114 Å². The van der Waals surface area contributed by atoms with Crippen LogP contribution in [0.25, 0.3) is 0 Å². The third kappa shape index (κ3) is 4.61. The van der Waals surface area contributed by atoms with E-state index in [4.69, 9.17) is 14.2 Å². The van der Waals surface area contributed by atoms with Gasteiger partial charge in [0.05, 0.1) is 26.9 Å². The molecule has 1 rings (SSSR count). The SMILES string of the molecule is COc1cc(CNCC(C)(C)O)cc(OC)c1OC. The van der Waals surface area contributed by atoms with Crippen molar-refractivity contribution in [1.29, 1.82) is 0 Å².